The summed E-state index contributed by atoms with van der Waals surface area (Å²) >= 11 is 5.93. The molecule has 4 heteroatoms. The van der Waals surface area contributed by atoms with Crippen LogP contribution >= 0.6 is 11.6 Å². The molecular weight excluding hydrogens is 298 g/mol. The van der Waals surface area contributed by atoms with Crippen molar-refractivity contribution < 1.29 is 9.53 Å². The van der Waals surface area contributed by atoms with E-state index >= 15 is 0 Å². The summed E-state index contributed by atoms with van der Waals surface area (Å²) in [7, 11) is 0. The molecule has 0 aromatic heterocycles. The molecule has 22 heavy (non-hydrogen) atoms. The van der Waals surface area contributed by atoms with Gasteiger partial charge in [-0.05, 0) is 42.7 Å². The number of nitrogens with one attached hydrogen (secondary N) is 1. The first-order valence-corrected chi connectivity index (χ1v) is 7.72. The predicted octanol–water partition coefficient (Wildman–Crippen LogP) is 4.12. The van der Waals surface area contributed by atoms with E-state index in [-0.39, 0.29) is 5.91 Å². The maximum atomic E-state index is 12.3. The fourth-order valence-corrected chi connectivity index (χ4v) is 2.31. The molecule has 0 bridgehead atoms. The van der Waals surface area contributed by atoms with Gasteiger partial charge in [-0.2, -0.15) is 0 Å². The van der Waals surface area contributed by atoms with Crippen LogP contribution in [0.15, 0.2) is 48.5 Å². The van der Waals surface area contributed by atoms with Crippen molar-refractivity contribution in [1.82, 2.24) is 5.32 Å². The standard InChI is InChI=1S/C18H20ClNO2/c1-3-17(22-16-10-6-9-15(19)11-16)18(21)20-12-14-8-5-4-7-13(14)2/h4-11,17H,3,12H2,1-2H3,(H,20,21)/t17-/m0/s1. The number of carbonyl (C=O) groups is 1. The Bertz CT molecular complexity index is 642. The van der Waals surface area contributed by atoms with Crippen molar-refractivity contribution in [2.75, 3.05) is 0 Å². The number of benzene rings is 2. The number of hydrogen-bond donors (Lipinski definition) is 1. The van der Waals surface area contributed by atoms with Crippen molar-refractivity contribution in [2.45, 2.75) is 32.9 Å². The van der Waals surface area contributed by atoms with Gasteiger partial charge >= 0.3 is 0 Å². The lowest BCUT2D eigenvalue weighted by Gasteiger charge is -2.18. The van der Waals surface area contributed by atoms with Crippen molar-refractivity contribution >= 4 is 17.5 Å². The Morgan fingerprint density at radius 2 is 2.00 bits per heavy atom. The summed E-state index contributed by atoms with van der Waals surface area (Å²) in [6, 6.07) is 15.1. The van der Waals surface area contributed by atoms with E-state index in [0.717, 1.165) is 11.1 Å². The maximum absolute atomic E-state index is 12.3. The zero-order valence-corrected chi connectivity index (χ0v) is 13.6. The summed E-state index contributed by atoms with van der Waals surface area (Å²) in [6.07, 6.45) is 0.0639. The molecule has 2 aromatic rings. The molecule has 0 saturated heterocycles. The van der Waals surface area contributed by atoms with Gasteiger partial charge in [0.15, 0.2) is 6.10 Å². The van der Waals surface area contributed by atoms with Gasteiger partial charge < -0.3 is 10.1 Å². The lowest BCUT2D eigenvalue weighted by atomic mass is 10.1. The molecule has 0 aliphatic heterocycles. The fraction of sp³-hybridized carbons (Fsp3) is 0.278. The minimum Gasteiger partial charge on any atom is -0.481 e. The van der Waals surface area contributed by atoms with E-state index in [0.29, 0.717) is 23.7 Å². The second-order valence-corrected chi connectivity index (χ2v) is 5.55. The molecule has 2 rings (SSSR count). The first-order valence-electron chi connectivity index (χ1n) is 7.34. The van der Waals surface area contributed by atoms with Crippen LogP contribution in [0.25, 0.3) is 0 Å². The van der Waals surface area contributed by atoms with Crippen molar-refractivity contribution in [3.05, 3.63) is 64.7 Å². The Morgan fingerprint density at radius 3 is 2.68 bits per heavy atom. The minimum atomic E-state index is -0.525. The van der Waals surface area contributed by atoms with Crippen molar-refractivity contribution in [1.29, 1.82) is 0 Å². The van der Waals surface area contributed by atoms with Crippen LogP contribution in [0.3, 0.4) is 0 Å². The molecule has 3 nitrogen and oxygen atoms in total. The molecule has 0 aliphatic carbocycles. The van der Waals surface area contributed by atoms with Gasteiger partial charge in [0.2, 0.25) is 0 Å². The second-order valence-electron chi connectivity index (χ2n) is 5.12. The molecule has 1 amide bonds. The van der Waals surface area contributed by atoms with Gasteiger partial charge in [-0.3, -0.25) is 4.79 Å². The van der Waals surface area contributed by atoms with E-state index in [9.17, 15) is 4.79 Å². The van der Waals surface area contributed by atoms with Gasteiger partial charge in [0, 0.05) is 11.6 Å². The highest BCUT2D eigenvalue weighted by Crippen LogP contribution is 2.19. The number of aryl methyl sites for hydroxylation is 1. The Labute approximate surface area is 136 Å². The molecule has 0 unspecified atom stereocenters. The largest absolute Gasteiger partial charge is 0.481 e. The van der Waals surface area contributed by atoms with Crippen LogP contribution in [-0.4, -0.2) is 12.0 Å². The average molecular weight is 318 g/mol. The summed E-state index contributed by atoms with van der Waals surface area (Å²) in [5.74, 6) is 0.483. The van der Waals surface area contributed by atoms with E-state index in [1.165, 1.54) is 0 Å². The van der Waals surface area contributed by atoms with Gasteiger partial charge in [-0.25, -0.2) is 0 Å². The third-order valence-electron chi connectivity index (χ3n) is 3.45. The summed E-state index contributed by atoms with van der Waals surface area (Å²) in [5.41, 5.74) is 2.26. The van der Waals surface area contributed by atoms with Crippen LogP contribution in [0.1, 0.15) is 24.5 Å². The van der Waals surface area contributed by atoms with Crippen LogP contribution in [0, 0.1) is 6.92 Å². The average Bonchev–Trinajstić information content (AvgIpc) is 2.51. The van der Waals surface area contributed by atoms with Crippen LogP contribution in [0.5, 0.6) is 5.75 Å². The first-order chi connectivity index (χ1) is 10.6. The molecule has 0 spiro atoms. The summed E-state index contributed by atoms with van der Waals surface area (Å²) in [5, 5.41) is 3.52. The van der Waals surface area contributed by atoms with Gasteiger partial charge in [-0.1, -0.05) is 48.9 Å². The van der Waals surface area contributed by atoms with Crippen molar-refractivity contribution in [3.8, 4) is 5.75 Å². The molecule has 0 saturated carbocycles. The van der Waals surface area contributed by atoms with Crippen LogP contribution in [0.4, 0.5) is 0 Å². The molecule has 0 fully saturated rings. The van der Waals surface area contributed by atoms with Gasteiger partial charge in [0.1, 0.15) is 5.75 Å². The highest BCUT2D eigenvalue weighted by molar-refractivity contribution is 6.30. The topological polar surface area (TPSA) is 38.3 Å². The van der Waals surface area contributed by atoms with Gasteiger partial charge in [0.05, 0.1) is 0 Å². The maximum Gasteiger partial charge on any atom is 0.261 e. The lowest BCUT2D eigenvalue weighted by Crippen LogP contribution is -2.37. The van der Waals surface area contributed by atoms with Gasteiger partial charge in [-0.15, -0.1) is 0 Å². The molecular formula is C18H20ClNO2. The molecule has 0 aliphatic rings. The van der Waals surface area contributed by atoms with Crippen LogP contribution < -0.4 is 10.1 Å². The Hall–Kier alpha value is -2.00. The Morgan fingerprint density at radius 1 is 1.23 bits per heavy atom. The van der Waals surface area contributed by atoms with E-state index in [4.69, 9.17) is 16.3 Å². The zero-order valence-electron chi connectivity index (χ0n) is 12.8. The SMILES string of the molecule is CC[C@H](Oc1cccc(Cl)c1)C(=O)NCc1ccccc1C. The van der Waals surface area contributed by atoms with Crippen LogP contribution in [0.2, 0.25) is 5.02 Å². The second kappa shape index (κ2) is 7.85. The quantitative estimate of drug-likeness (QED) is 0.870. The molecule has 0 heterocycles. The molecule has 0 radical (unpaired) electrons. The number of amides is 1. The smallest absolute Gasteiger partial charge is 0.261 e. The Kier molecular flexibility index (Phi) is 5.84. The molecule has 2 aromatic carbocycles. The fourth-order valence-electron chi connectivity index (χ4n) is 2.13. The van der Waals surface area contributed by atoms with E-state index in [1.807, 2.05) is 38.1 Å². The van der Waals surface area contributed by atoms with Crippen molar-refractivity contribution in [2.24, 2.45) is 0 Å². The van der Waals surface area contributed by atoms with E-state index in [2.05, 4.69) is 5.32 Å². The number of halogens is 1. The third kappa shape index (κ3) is 4.50. The lowest BCUT2D eigenvalue weighted by molar-refractivity contribution is -0.128. The molecule has 1 atom stereocenters. The molecule has 1 N–H and O–H groups in total. The zero-order chi connectivity index (χ0) is 15.9. The van der Waals surface area contributed by atoms with Crippen LogP contribution in [-0.2, 0) is 11.3 Å². The normalized spacial score (nSPS) is 11.8. The van der Waals surface area contributed by atoms with Crippen molar-refractivity contribution in [3.63, 3.8) is 0 Å². The van der Waals surface area contributed by atoms with E-state index in [1.54, 1.807) is 24.3 Å². The first kappa shape index (κ1) is 16.4. The van der Waals surface area contributed by atoms with Gasteiger partial charge in [0.25, 0.3) is 5.91 Å². The number of hydrogen-bond acceptors (Lipinski definition) is 2. The minimum absolute atomic E-state index is 0.120. The number of ether oxygens (including phenoxy) is 1. The van der Waals surface area contributed by atoms with E-state index < -0.39 is 6.10 Å². The summed E-state index contributed by atoms with van der Waals surface area (Å²) < 4.78 is 5.73. The summed E-state index contributed by atoms with van der Waals surface area (Å²) in [4.78, 5) is 12.3. The predicted molar refractivity (Wildman–Crippen MR) is 89.2 cm³/mol. The molecule has 116 valence electrons. The summed E-state index contributed by atoms with van der Waals surface area (Å²) in [6.45, 7) is 4.45. The Balaban J connectivity index is 1.96. The number of carbonyl (C=O) groups excluding carboxylic acids is 1. The third-order valence-corrected chi connectivity index (χ3v) is 3.69. The number of rotatable bonds is 6. The highest BCUT2D eigenvalue weighted by atomic mass is 35.5. The monoisotopic (exact) mass is 317 g/mol. The highest BCUT2D eigenvalue weighted by Gasteiger charge is 2.18.